The summed E-state index contributed by atoms with van der Waals surface area (Å²) in [6.07, 6.45) is 3.20. The van der Waals surface area contributed by atoms with Crippen molar-refractivity contribution in [3.8, 4) is 5.75 Å². The van der Waals surface area contributed by atoms with E-state index in [-0.39, 0.29) is 5.54 Å². The van der Waals surface area contributed by atoms with Gasteiger partial charge in [0.2, 0.25) is 0 Å². The highest BCUT2D eigenvalue weighted by Gasteiger charge is 2.18. The van der Waals surface area contributed by atoms with E-state index in [0.717, 1.165) is 16.4 Å². The molecule has 1 aromatic rings. The van der Waals surface area contributed by atoms with Crippen molar-refractivity contribution in [2.24, 2.45) is 9.98 Å². The first kappa shape index (κ1) is 14.3. The quantitative estimate of drug-likeness (QED) is 0.861. The number of rotatable bonds is 3. The molecule has 1 N–H and O–H groups in total. The van der Waals surface area contributed by atoms with Crippen LogP contribution in [0.4, 0.5) is 0 Å². The number of methoxy groups -OCH3 is 1. The Morgan fingerprint density at radius 2 is 1.85 bits per heavy atom. The molecule has 0 amide bonds. The molecular formula is C15H19N3O2. The second-order valence-electron chi connectivity index (χ2n) is 5.49. The van der Waals surface area contributed by atoms with Crippen LogP contribution in [0, 0.1) is 0 Å². The normalized spacial score (nSPS) is 16.4. The van der Waals surface area contributed by atoms with E-state index in [1.54, 1.807) is 19.5 Å². The fraction of sp³-hybridized carbons (Fsp3) is 0.333. The van der Waals surface area contributed by atoms with E-state index < -0.39 is 0 Å². The van der Waals surface area contributed by atoms with Crippen molar-refractivity contribution in [2.45, 2.75) is 26.3 Å². The molecule has 1 aromatic carbocycles. The number of benzene rings is 1. The van der Waals surface area contributed by atoms with Gasteiger partial charge in [-0.1, -0.05) is 0 Å². The Morgan fingerprint density at radius 3 is 2.40 bits per heavy atom. The summed E-state index contributed by atoms with van der Waals surface area (Å²) in [5.41, 5.74) is 1.15. The number of hydrogen-bond acceptors (Lipinski definition) is 5. The Balaban J connectivity index is 2.18. The van der Waals surface area contributed by atoms with Gasteiger partial charge in [0.1, 0.15) is 11.4 Å². The zero-order valence-electron chi connectivity index (χ0n) is 12.2. The van der Waals surface area contributed by atoms with Crippen LogP contribution in [0.5, 0.6) is 5.75 Å². The van der Waals surface area contributed by atoms with Gasteiger partial charge in [-0.15, -0.1) is 0 Å². The smallest absolute Gasteiger partial charge is 0.159 e. The molecule has 0 fully saturated rings. The van der Waals surface area contributed by atoms with Crippen LogP contribution in [0.15, 0.2) is 46.1 Å². The SMILES string of the molecule is COc1ccc(C2=N/C(=C/N(O)C(C)(C)C)C=N2)cc1. The van der Waals surface area contributed by atoms with E-state index in [2.05, 4.69) is 9.98 Å². The molecule has 0 spiro atoms. The maximum atomic E-state index is 9.88. The van der Waals surface area contributed by atoms with Crippen LogP contribution in [0.1, 0.15) is 26.3 Å². The highest BCUT2D eigenvalue weighted by Crippen LogP contribution is 2.17. The van der Waals surface area contributed by atoms with Crippen LogP contribution in [-0.4, -0.2) is 35.0 Å². The third kappa shape index (κ3) is 3.24. The first-order chi connectivity index (χ1) is 9.40. The maximum Gasteiger partial charge on any atom is 0.159 e. The molecule has 0 bridgehead atoms. The van der Waals surface area contributed by atoms with Crippen molar-refractivity contribution in [2.75, 3.05) is 7.11 Å². The third-order valence-corrected chi connectivity index (χ3v) is 2.84. The molecule has 1 aliphatic heterocycles. The maximum absolute atomic E-state index is 9.88. The second-order valence-corrected chi connectivity index (χ2v) is 5.49. The summed E-state index contributed by atoms with van der Waals surface area (Å²) in [7, 11) is 1.63. The number of aliphatic imine (C=N–C) groups is 2. The lowest BCUT2D eigenvalue weighted by Crippen LogP contribution is -2.34. The lowest BCUT2D eigenvalue weighted by Gasteiger charge is -2.27. The molecule has 0 radical (unpaired) electrons. The van der Waals surface area contributed by atoms with E-state index in [1.807, 2.05) is 45.0 Å². The molecule has 5 heteroatoms. The summed E-state index contributed by atoms with van der Waals surface area (Å²) in [5, 5.41) is 11.0. The van der Waals surface area contributed by atoms with Crippen molar-refractivity contribution >= 4 is 12.1 Å². The summed E-state index contributed by atoms with van der Waals surface area (Å²) in [6.45, 7) is 5.72. The van der Waals surface area contributed by atoms with Gasteiger partial charge in [0.25, 0.3) is 0 Å². The molecule has 0 aromatic heterocycles. The molecule has 5 nitrogen and oxygen atoms in total. The predicted molar refractivity (Wildman–Crippen MR) is 79.5 cm³/mol. The molecule has 0 atom stereocenters. The zero-order chi connectivity index (χ0) is 14.8. The van der Waals surface area contributed by atoms with Crippen LogP contribution in [-0.2, 0) is 0 Å². The van der Waals surface area contributed by atoms with Gasteiger partial charge in [0.15, 0.2) is 5.84 Å². The van der Waals surface area contributed by atoms with Gasteiger partial charge in [0, 0.05) is 5.56 Å². The lowest BCUT2D eigenvalue weighted by molar-refractivity contribution is -0.110. The molecule has 1 heterocycles. The molecule has 0 saturated heterocycles. The summed E-state index contributed by atoms with van der Waals surface area (Å²) in [5.74, 6) is 1.42. The Morgan fingerprint density at radius 1 is 1.20 bits per heavy atom. The average molecular weight is 273 g/mol. The molecule has 0 unspecified atom stereocenters. The standard InChI is InChI=1S/C15H19N3O2/c1-15(2,3)18(19)10-12-9-16-14(17-12)11-5-7-13(20-4)8-6-11/h5-10,19H,1-4H3/b12-10+. The van der Waals surface area contributed by atoms with Gasteiger partial charge in [-0.2, -0.15) is 0 Å². The summed E-state index contributed by atoms with van der Waals surface area (Å²) >= 11 is 0. The minimum absolute atomic E-state index is 0.376. The number of hydrogen-bond donors (Lipinski definition) is 1. The van der Waals surface area contributed by atoms with E-state index in [0.29, 0.717) is 11.5 Å². The van der Waals surface area contributed by atoms with Crippen LogP contribution >= 0.6 is 0 Å². The highest BCUT2D eigenvalue weighted by atomic mass is 16.5. The molecule has 0 aliphatic carbocycles. The van der Waals surface area contributed by atoms with Crippen molar-refractivity contribution in [3.05, 3.63) is 41.7 Å². The largest absolute Gasteiger partial charge is 0.497 e. The van der Waals surface area contributed by atoms with Gasteiger partial charge in [0.05, 0.1) is 25.1 Å². The van der Waals surface area contributed by atoms with E-state index in [9.17, 15) is 5.21 Å². The van der Waals surface area contributed by atoms with Crippen LogP contribution < -0.4 is 4.74 Å². The third-order valence-electron chi connectivity index (χ3n) is 2.84. The van der Waals surface area contributed by atoms with Gasteiger partial charge >= 0.3 is 0 Å². The van der Waals surface area contributed by atoms with Gasteiger partial charge in [-0.05, 0) is 45.0 Å². The molecule has 1 aliphatic rings. The van der Waals surface area contributed by atoms with Crippen molar-refractivity contribution in [3.63, 3.8) is 0 Å². The predicted octanol–water partition coefficient (Wildman–Crippen LogP) is 2.86. The summed E-state index contributed by atoms with van der Waals surface area (Å²) < 4.78 is 5.11. The monoisotopic (exact) mass is 273 g/mol. The Bertz CT molecular complexity index is 566. The Kier molecular flexibility index (Phi) is 3.90. The summed E-state index contributed by atoms with van der Waals surface area (Å²) in [6, 6.07) is 7.53. The Hall–Kier alpha value is -2.14. The molecule has 0 saturated carbocycles. The van der Waals surface area contributed by atoms with Crippen LogP contribution in [0.25, 0.3) is 0 Å². The molecule has 106 valence electrons. The van der Waals surface area contributed by atoms with Crippen LogP contribution in [0.2, 0.25) is 0 Å². The first-order valence-electron chi connectivity index (χ1n) is 6.37. The Labute approximate surface area is 118 Å². The van der Waals surface area contributed by atoms with Gasteiger partial charge in [-0.3, -0.25) is 10.3 Å². The lowest BCUT2D eigenvalue weighted by atomic mass is 10.1. The van der Waals surface area contributed by atoms with Crippen molar-refractivity contribution in [1.29, 1.82) is 0 Å². The summed E-state index contributed by atoms with van der Waals surface area (Å²) in [4.78, 5) is 8.64. The topological polar surface area (TPSA) is 57.4 Å². The van der Waals surface area contributed by atoms with Gasteiger partial charge in [-0.25, -0.2) is 9.98 Å². The number of ether oxygens (including phenoxy) is 1. The number of amidine groups is 1. The fourth-order valence-electron chi connectivity index (χ4n) is 1.57. The van der Waals surface area contributed by atoms with Crippen LogP contribution in [0.3, 0.4) is 0 Å². The van der Waals surface area contributed by atoms with E-state index in [4.69, 9.17) is 4.74 Å². The zero-order valence-corrected chi connectivity index (χ0v) is 12.2. The molecule has 2 rings (SSSR count). The van der Waals surface area contributed by atoms with Crippen molar-refractivity contribution < 1.29 is 9.94 Å². The average Bonchev–Trinajstić information content (AvgIpc) is 2.86. The van der Waals surface area contributed by atoms with E-state index in [1.165, 1.54) is 0 Å². The number of nitrogens with zero attached hydrogens (tertiary/aromatic N) is 3. The molecule has 20 heavy (non-hydrogen) atoms. The second kappa shape index (κ2) is 5.46. The van der Waals surface area contributed by atoms with Gasteiger partial charge < -0.3 is 4.74 Å². The van der Waals surface area contributed by atoms with Crippen molar-refractivity contribution in [1.82, 2.24) is 5.06 Å². The minimum Gasteiger partial charge on any atom is -0.497 e. The number of hydroxylamine groups is 2. The fourth-order valence-corrected chi connectivity index (χ4v) is 1.57. The number of allylic oxidation sites excluding steroid dienone is 1. The highest BCUT2D eigenvalue weighted by molar-refractivity contribution is 6.10. The first-order valence-corrected chi connectivity index (χ1v) is 6.37. The van der Waals surface area contributed by atoms with E-state index >= 15 is 0 Å². The minimum atomic E-state index is -0.376. The molecular weight excluding hydrogens is 254 g/mol.